The van der Waals surface area contributed by atoms with Crippen LogP contribution in [0.4, 0.5) is 25.1 Å². The highest BCUT2D eigenvalue weighted by molar-refractivity contribution is 6.71. The van der Waals surface area contributed by atoms with Gasteiger partial charge in [0.2, 0.25) is 0 Å². The smallest absolute Gasteiger partial charge is 0.450 e. The highest BCUT2D eigenvalue weighted by Gasteiger charge is 2.39. The molecule has 1 atom stereocenters. The van der Waals surface area contributed by atoms with Gasteiger partial charge in [-0.1, -0.05) is 0 Å². The Bertz CT molecular complexity index is 1690. The second-order valence-electron chi connectivity index (χ2n) is 12.7. The van der Waals surface area contributed by atoms with E-state index in [1.807, 2.05) is 4.90 Å². The number of aromatic nitrogens is 3. The number of aromatic amines is 1. The first kappa shape index (κ1) is 36.7. The fourth-order valence-electron chi connectivity index (χ4n) is 5.55. The number of halogens is 3. The van der Waals surface area contributed by atoms with Gasteiger partial charge in [0.1, 0.15) is 11.6 Å². The summed E-state index contributed by atoms with van der Waals surface area (Å²) in [6, 6.07) is 9.48. The van der Waals surface area contributed by atoms with Gasteiger partial charge < -0.3 is 29.4 Å². The fraction of sp³-hybridized carbons (Fsp3) is 0.455. The number of alkyl carbamates (subject to hydrolysis) is 1. The van der Waals surface area contributed by atoms with E-state index < -0.39 is 25.9 Å². The summed E-state index contributed by atoms with van der Waals surface area (Å²) in [5, 5.41) is 20.9. The third kappa shape index (κ3) is 10.7. The molecule has 3 N–H and O–H groups in total. The van der Waals surface area contributed by atoms with E-state index in [1.54, 1.807) is 18.3 Å². The zero-order chi connectivity index (χ0) is 35.8. The minimum Gasteiger partial charge on any atom is -0.450 e. The third-order valence-electron chi connectivity index (χ3n) is 8.28. The fourth-order valence-corrected chi connectivity index (χ4v) is 7.44. The minimum atomic E-state index is -3.84. The number of pyridine rings is 1. The van der Waals surface area contributed by atoms with Gasteiger partial charge in [0.15, 0.2) is 14.0 Å². The third-order valence-corrected chi connectivity index (χ3v) is 10.9. The van der Waals surface area contributed by atoms with Crippen molar-refractivity contribution in [3.8, 4) is 29.4 Å². The van der Waals surface area contributed by atoms with Gasteiger partial charge >= 0.3 is 11.7 Å². The Morgan fingerprint density at radius 1 is 1.20 bits per heavy atom. The van der Waals surface area contributed by atoms with E-state index in [1.165, 1.54) is 30.5 Å². The lowest BCUT2D eigenvalue weighted by molar-refractivity contribution is -0.0964. The molecule has 50 heavy (non-hydrogen) atoms. The number of nitrogens with zero attached hydrogens (tertiary/aromatic N) is 5. The molecular formula is C33H39ClF2N8O5Si. The summed E-state index contributed by atoms with van der Waals surface area (Å²) >= 11 is 4.81. The zero-order valence-electron chi connectivity index (χ0n) is 27.8. The molecule has 3 aromatic rings. The van der Waals surface area contributed by atoms with E-state index in [0.29, 0.717) is 61.7 Å². The number of ether oxygens (including phenoxy) is 2. The summed E-state index contributed by atoms with van der Waals surface area (Å²) in [4.78, 5) is 32.4. The van der Waals surface area contributed by atoms with Crippen LogP contribution in [0.2, 0.25) is 19.1 Å². The van der Waals surface area contributed by atoms with Crippen LogP contribution in [0, 0.1) is 12.3 Å². The Kier molecular flexibility index (Phi) is 11.7. The topological polar surface area (TPSA) is 155 Å². The number of hydrogen-bond donors (Lipinski definition) is 3. The number of benzene rings is 1. The van der Waals surface area contributed by atoms with Crippen molar-refractivity contribution in [2.24, 2.45) is 10.2 Å². The van der Waals surface area contributed by atoms with Crippen LogP contribution in [0.1, 0.15) is 42.5 Å². The number of amides is 2. The number of rotatable bonds is 17. The van der Waals surface area contributed by atoms with Crippen LogP contribution in [0.5, 0.6) is 5.75 Å². The van der Waals surface area contributed by atoms with Gasteiger partial charge in [-0.05, 0) is 68.4 Å². The van der Waals surface area contributed by atoms with Gasteiger partial charge in [-0.25, -0.2) is 9.78 Å². The summed E-state index contributed by atoms with van der Waals surface area (Å²) in [5.41, 5.74) is -2.28. The van der Waals surface area contributed by atoms with Crippen LogP contribution in [0.15, 0.2) is 59.0 Å². The Balaban J connectivity index is 1.09. The Morgan fingerprint density at radius 2 is 1.98 bits per heavy atom. The van der Waals surface area contributed by atoms with E-state index in [2.05, 4.69) is 59.8 Å². The van der Waals surface area contributed by atoms with Crippen LogP contribution in [-0.4, -0.2) is 79.1 Å². The molecule has 17 heteroatoms. The molecule has 4 heterocycles. The molecule has 2 aliphatic rings. The van der Waals surface area contributed by atoms with Crippen LogP contribution in [-0.2, 0) is 9.16 Å². The molecule has 1 aromatic carbocycles. The first-order valence-corrected chi connectivity index (χ1v) is 19.7. The molecule has 0 spiro atoms. The van der Waals surface area contributed by atoms with Crippen molar-refractivity contribution in [3.05, 3.63) is 54.4 Å². The van der Waals surface area contributed by atoms with Gasteiger partial charge in [0.25, 0.3) is 5.91 Å². The van der Waals surface area contributed by atoms with Gasteiger partial charge in [0, 0.05) is 74.2 Å². The Hall–Kier alpha value is -4.59. The van der Waals surface area contributed by atoms with E-state index in [0.717, 1.165) is 18.9 Å². The van der Waals surface area contributed by atoms with Crippen molar-refractivity contribution in [1.29, 1.82) is 0 Å². The predicted molar refractivity (Wildman–Crippen MR) is 186 cm³/mol. The number of terminal acetylenes is 1. The van der Waals surface area contributed by atoms with Crippen molar-refractivity contribution < 1.29 is 32.3 Å². The van der Waals surface area contributed by atoms with Gasteiger partial charge in [-0.15, -0.1) is 21.1 Å². The quantitative estimate of drug-likeness (QED) is 0.0595. The zero-order valence-corrected chi connectivity index (χ0v) is 29.5. The predicted octanol–water partition coefficient (Wildman–Crippen LogP) is 6.77. The molecule has 1 saturated heterocycles. The number of H-pyrrole nitrogens is 1. The number of alkyl halides is 3. The molecular weight excluding hydrogens is 690 g/mol. The summed E-state index contributed by atoms with van der Waals surface area (Å²) in [7, 11) is -1.94. The van der Waals surface area contributed by atoms with Crippen molar-refractivity contribution in [2.45, 2.75) is 68.5 Å². The Morgan fingerprint density at radius 3 is 2.66 bits per heavy atom. The largest absolute Gasteiger partial charge is 0.487 e. The Labute approximate surface area is 294 Å². The lowest BCUT2D eigenvalue weighted by atomic mass is 10.1. The molecule has 2 amide bonds. The molecule has 0 aliphatic carbocycles. The monoisotopic (exact) mass is 728 g/mol. The number of carbonyl (C=O) groups is 2. The van der Waals surface area contributed by atoms with Crippen molar-refractivity contribution >= 4 is 43.4 Å². The van der Waals surface area contributed by atoms with E-state index in [-0.39, 0.29) is 29.6 Å². The average Bonchev–Trinajstić information content (AvgIpc) is 3.40. The number of hydrogen-bond acceptors (Lipinski definition) is 10. The maximum absolute atomic E-state index is 13.1. The minimum absolute atomic E-state index is 0.159. The molecule has 1 unspecified atom stereocenters. The molecule has 5 rings (SSSR count). The van der Waals surface area contributed by atoms with Crippen LogP contribution < -0.4 is 20.3 Å². The van der Waals surface area contributed by atoms with Crippen molar-refractivity contribution in [1.82, 2.24) is 20.5 Å². The molecule has 266 valence electrons. The molecule has 13 nitrogen and oxygen atoms in total. The SMILES string of the molecule is C#CCCC1(CCO[Si](C)(C)CCCOC(=O)NC2CCN(c3ncc(C(=O)Nc4ccc(OC(F)(F)Cl)cc4)cc3-c3ccn[nH]3)C2)N=N1. The molecule has 0 saturated carbocycles. The molecule has 0 bridgehead atoms. The van der Waals surface area contributed by atoms with Crippen molar-refractivity contribution in [3.63, 3.8) is 0 Å². The highest BCUT2D eigenvalue weighted by Crippen LogP contribution is 2.37. The molecule has 2 aliphatic heterocycles. The number of nitrogens with one attached hydrogen (secondary N) is 3. The maximum Gasteiger partial charge on any atom is 0.487 e. The summed E-state index contributed by atoms with van der Waals surface area (Å²) in [6.07, 6.45) is 11.4. The second kappa shape index (κ2) is 16.0. The summed E-state index contributed by atoms with van der Waals surface area (Å²) < 4.78 is 41.8. The number of anilines is 2. The van der Waals surface area contributed by atoms with Crippen LogP contribution >= 0.6 is 11.6 Å². The number of carbonyl (C=O) groups excluding carboxylic acids is 2. The van der Waals surface area contributed by atoms with E-state index in [9.17, 15) is 18.4 Å². The first-order chi connectivity index (χ1) is 23.8. The lowest BCUT2D eigenvalue weighted by Gasteiger charge is -2.23. The highest BCUT2D eigenvalue weighted by atomic mass is 35.5. The second-order valence-corrected chi connectivity index (χ2v) is 17.4. The van der Waals surface area contributed by atoms with E-state index >= 15 is 0 Å². The van der Waals surface area contributed by atoms with Gasteiger partial charge in [-0.3, -0.25) is 9.89 Å². The standard InChI is InChI=1S/C33H39ClF2N8O5Si/c1-4-5-13-32(42-43-32)14-18-48-50(2,3)19-6-17-47-31(46)40-25-12-16-44(22-25)29-27(28-11-15-38-41-28)20-23(21-37-29)30(45)39-24-7-9-26(10-8-24)49-33(34,35)36/h1,7-11,15,20-21,25H,5-6,12-14,16-19,22H2,2-3H3,(H,38,41)(H,39,45)(H,40,46). The summed E-state index contributed by atoms with van der Waals surface area (Å²) in [6.45, 7) is 6.26. The van der Waals surface area contributed by atoms with Crippen LogP contribution in [0.3, 0.4) is 0 Å². The lowest BCUT2D eigenvalue weighted by Crippen LogP contribution is -2.38. The van der Waals surface area contributed by atoms with E-state index in [4.69, 9.17) is 27.2 Å². The van der Waals surface area contributed by atoms with Gasteiger partial charge in [0.05, 0.1) is 23.9 Å². The molecule has 0 radical (unpaired) electrons. The normalized spacial score (nSPS) is 16.5. The molecule has 2 aromatic heterocycles. The van der Waals surface area contributed by atoms with Crippen molar-refractivity contribution in [2.75, 3.05) is 36.5 Å². The van der Waals surface area contributed by atoms with Gasteiger partial charge in [-0.2, -0.15) is 15.3 Å². The van der Waals surface area contributed by atoms with Crippen LogP contribution in [0.25, 0.3) is 11.3 Å². The molecule has 1 fully saturated rings. The first-order valence-electron chi connectivity index (χ1n) is 16.2. The average molecular weight is 729 g/mol. The maximum atomic E-state index is 13.1. The summed E-state index contributed by atoms with van der Waals surface area (Å²) in [5.74, 6) is 2.63.